The monoisotopic (exact) mass is 209 g/mol. The topological polar surface area (TPSA) is 46.2 Å². The number of terminal acetylenes is 1. The Bertz CT molecular complexity index is 483. The molecule has 0 amide bonds. The molecule has 0 radical (unpaired) electrons. The van der Waals surface area contributed by atoms with E-state index >= 15 is 0 Å². The van der Waals surface area contributed by atoms with Crippen LogP contribution in [0, 0.1) is 19.3 Å². The van der Waals surface area contributed by atoms with E-state index in [-0.39, 0.29) is 4.90 Å². The first-order valence-electron chi connectivity index (χ1n) is 4.02. The van der Waals surface area contributed by atoms with Gasteiger partial charge in [-0.2, -0.15) is 0 Å². The fourth-order valence-corrected chi connectivity index (χ4v) is 1.90. The van der Waals surface area contributed by atoms with Gasteiger partial charge in [0, 0.05) is 5.56 Å². The first kappa shape index (κ1) is 10.8. The first-order chi connectivity index (χ1) is 6.51. The molecule has 14 heavy (non-hydrogen) atoms. The lowest BCUT2D eigenvalue weighted by Gasteiger charge is -2.04. The van der Waals surface area contributed by atoms with E-state index in [1.807, 2.05) is 0 Å². The van der Waals surface area contributed by atoms with E-state index in [1.54, 1.807) is 19.1 Å². The summed E-state index contributed by atoms with van der Waals surface area (Å²) in [6.45, 7) is 1.78. The second kappa shape index (κ2) is 3.82. The second-order valence-corrected chi connectivity index (χ2v) is 4.72. The minimum atomic E-state index is -3.36. The molecule has 1 aromatic carbocycles. The molecule has 4 heteroatoms. The highest BCUT2D eigenvalue weighted by Crippen LogP contribution is 2.14. The zero-order chi connectivity index (χ0) is 10.8. The van der Waals surface area contributed by atoms with Crippen molar-refractivity contribution in [3.63, 3.8) is 0 Å². The molecule has 3 nitrogen and oxygen atoms in total. The van der Waals surface area contributed by atoms with Crippen molar-refractivity contribution in [1.82, 2.24) is 4.72 Å². The summed E-state index contributed by atoms with van der Waals surface area (Å²) >= 11 is 0. The predicted octanol–water partition coefficient (Wildman–Crippen LogP) is 0.884. The molecule has 0 unspecified atom stereocenters. The minimum absolute atomic E-state index is 0.233. The Morgan fingerprint density at radius 2 is 2.07 bits per heavy atom. The molecule has 1 rings (SSSR count). The van der Waals surface area contributed by atoms with Crippen molar-refractivity contribution >= 4 is 10.0 Å². The van der Waals surface area contributed by atoms with E-state index < -0.39 is 10.0 Å². The van der Waals surface area contributed by atoms with Crippen molar-refractivity contribution in [2.24, 2.45) is 0 Å². The Hall–Kier alpha value is -1.31. The Labute approximate surface area is 84.2 Å². The van der Waals surface area contributed by atoms with Gasteiger partial charge in [0.05, 0.1) is 4.90 Å². The largest absolute Gasteiger partial charge is 0.240 e. The third-order valence-electron chi connectivity index (χ3n) is 1.93. The van der Waals surface area contributed by atoms with Crippen LogP contribution >= 0.6 is 0 Å². The quantitative estimate of drug-likeness (QED) is 0.735. The summed E-state index contributed by atoms with van der Waals surface area (Å²) in [6.07, 6.45) is 5.23. The van der Waals surface area contributed by atoms with Crippen LogP contribution in [0.25, 0.3) is 0 Å². The van der Waals surface area contributed by atoms with Crippen molar-refractivity contribution < 1.29 is 8.42 Å². The van der Waals surface area contributed by atoms with Crippen LogP contribution in [0.15, 0.2) is 23.1 Å². The van der Waals surface area contributed by atoms with E-state index in [1.165, 1.54) is 13.1 Å². The van der Waals surface area contributed by atoms with Crippen LogP contribution in [0.5, 0.6) is 0 Å². The highest BCUT2D eigenvalue weighted by atomic mass is 32.2. The normalized spacial score (nSPS) is 10.9. The van der Waals surface area contributed by atoms with Gasteiger partial charge in [-0.15, -0.1) is 6.42 Å². The van der Waals surface area contributed by atoms with E-state index in [4.69, 9.17) is 6.42 Å². The Morgan fingerprint density at radius 1 is 1.43 bits per heavy atom. The number of aryl methyl sites for hydroxylation is 1. The molecule has 0 heterocycles. The third-order valence-corrected chi connectivity index (χ3v) is 3.34. The average Bonchev–Trinajstić information content (AvgIpc) is 2.17. The Kier molecular flexibility index (Phi) is 2.94. The molecule has 0 aliphatic rings. The summed E-state index contributed by atoms with van der Waals surface area (Å²) in [5.41, 5.74) is 1.49. The Morgan fingerprint density at radius 3 is 2.50 bits per heavy atom. The van der Waals surface area contributed by atoms with Crippen LogP contribution in [0.2, 0.25) is 0 Å². The van der Waals surface area contributed by atoms with Gasteiger partial charge in [-0.3, -0.25) is 0 Å². The van der Waals surface area contributed by atoms with E-state index in [0.717, 1.165) is 5.56 Å². The van der Waals surface area contributed by atoms with Crippen molar-refractivity contribution in [2.75, 3.05) is 7.05 Å². The summed E-state index contributed by atoms with van der Waals surface area (Å²) < 4.78 is 25.0. The van der Waals surface area contributed by atoms with E-state index in [9.17, 15) is 8.42 Å². The minimum Gasteiger partial charge on any atom is -0.214 e. The summed E-state index contributed by atoms with van der Waals surface area (Å²) in [6, 6.07) is 4.68. The number of nitrogens with one attached hydrogen (secondary N) is 1. The maximum atomic E-state index is 11.4. The smallest absolute Gasteiger partial charge is 0.214 e. The van der Waals surface area contributed by atoms with Gasteiger partial charge in [0.25, 0.3) is 0 Å². The molecule has 0 fully saturated rings. The number of hydrogen-bond donors (Lipinski definition) is 1. The van der Waals surface area contributed by atoms with Crippen molar-refractivity contribution in [1.29, 1.82) is 0 Å². The molecular weight excluding hydrogens is 198 g/mol. The molecule has 0 saturated carbocycles. The van der Waals surface area contributed by atoms with Gasteiger partial charge >= 0.3 is 0 Å². The van der Waals surface area contributed by atoms with Gasteiger partial charge < -0.3 is 0 Å². The molecule has 0 aromatic heterocycles. The highest BCUT2D eigenvalue weighted by molar-refractivity contribution is 7.89. The van der Waals surface area contributed by atoms with Gasteiger partial charge in [-0.1, -0.05) is 5.92 Å². The maximum Gasteiger partial charge on any atom is 0.240 e. The number of sulfonamides is 1. The standard InChI is InChI=1S/C10H11NO2S/c1-4-9-5-6-10(7-8(9)2)14(12,13)11-3/h1,5-7,11H,2-3H3. The van der Waals surface area contributed by atoms with Crippen LogP contribution in [-0.4, -0.2) is 15.5 Å². The number of rotatable bonds is 2. The highest BCUT2D eigenvalue weighted by Gasteiger charge is 2.11. The van der Waals surface area contributed by atoms with E-state index in [2.05, 4.69) is 10.6 Å². The molecule has 0 aliphatic carbocycles. The molecule has 0 spiro atoms. The summed E-state index contributed by atoms with van der Waals surface area (Å²) in [5, 5.41) is 0. The summed E-state index contributed by atoms with van der Waals surface area (Å²) in [4.78, 5) is 0.233. The van der Waals surface area contributed by atoms with Gasteiger partial charge in [-0.05, 0) is 37.7 Å². The zero-order valence-electron chi connectivity index (χ0n) is 8.03. The van der Waals surface area contributed by atoms with Gasteiger partial charge in [0.1, 0.15) is 0 Å². The fraction of sp³-hybridized carbons (Fsp3) is 0.200. The lowest BCUT2D eigenvalue weighted by Crippen LogP contribution is -2.18. The van der Waals surface area contributed by atoms with Crippen LogP contribution < -0.4 is 4.72 Å². The van der Waals surface area contributed by atoms with E-state index in [0.29, 0.717) is 5.56 Å². The first-order valence-corrected chi connectivity index (χ1v) is 5.50. The number of hydrogen-bond acceptors (Lipinski definition) is 2. The van der Waals surface area contributed by atoms with Crippen LogP contribution in [0.4, 0.5) is 0 Å². The van der Waals surface area contributed by atoms with Gasteiger partial charge in [0.15, 0.2) is 0 Å². The Balaban J connectivity index is 3.31. The zero-order valence-corrected chi connectivity index (χ0v) is 8.85. The summed E-state index contributed by atoms with van der Waals surface area (Å²) in [7, 11) is -1.99. The van der Waals surface area contributed by atoms with Crippen LogP contribution in [0.3, 0.4) is 0 Å². The maximum absolute atomic E-state index is 11.4. The second-order valence-electron chi connectivity index (χ2n) is 2.83. The van der Waals surface area contributed by atoms with Crippen molar-refractivity contribution in [2.45, 2.75) is 11.8 Å². The molecule has 74 valence electrons. The average molecular weight is 209 g/mol. The van der Waals surface area contributed by atoms with Crippen LogP contribution in [-0.2, 0) is 10.0 Å². The van der Waals surface area contributed by atoms with Crippen molar-refractivity contribution in [3.8, 4) is 12.3 Å². The molecule has 0 aliphatic heterocycles. The van der Waals surface area contributed by atoms with Gasteiger partial charge in [0.2, 0.25) is 10.0 Å². The molecule has 1 N–H and O–H groups in total. The molecule has 0 atom stereocenters. The molecule has 0 bridgehead atoms. The SMILES string of the molecule is C#Cc1ccc(S(=O)(=O)NC)cc1C. The number of benzene rings is 1. The summed E-state index contributed by atoms with van der Waals surface area (Å²) in [5.74, 6) is 2.48. The molecule has 0 saturated heterocycles. The predicted molar refractivity (Wildman–Crippen MR) is 55.4 cm³/mol. The molecular formula is C10H11NO2S. The van der Waals surface area contributed by atoms with Gasteiger partial charge in [-0.25, -0.2) is 13.1 Å². The lowest BCUT2D eigenvalue weighted by atomic mass is 10.1. The molecule has 1 aromatic rings. The van der Waals surface area contributed by atoms with Crippen molar-refractivity contribution in [3.05, 3.63) is 29.3 Å². The lowest BCUT2D eigenvalue weighted by molar-refractivity contribution is 0.588. The van der Waals surface area contributed by atoms with Crippen LogP contribution in [0.1, 0.15) is 11.1 Å². The fourth-order valence-electron chi connectivity index (χ4n) is 1.08. The third kappa shape index (κ3) is 1.95.